The second-order valence-corrected chi connectivity index (χ2v) is 5.99. The summed E-state index contributed by atoms with van der Waals surface area (Å²) in [6, 6.07) is -0.284. The van der Waals surface area contributed by atoms with E-state index in [4.69, 9.17) is 4.74 Å². The molecule has 0 aromatic heterocycles. The number of carbonyl (C=O) groups excluding carboxylic acids is 3. The lowest BCUT2D eigenvalue weighted by atomic mass is 9.90. The van der Waals surface area contributed by atoms with Crippen LogP contribution in [0.2, 0.25) is 0 Å². The van der Waals surface area contributed by atoms with E-state index in [1.54, 1.807) is 20.8 Å². The van der Waals surface area contributed by atoms with Crippen molar-refractivity contribution in [2.75, 3.05) is 0 Å². The maximum Gasteiger partial charge on any atom is 0.417 e. The molecular weight excluding hydrogens is 234 g/mol. The fourth-order valence-electron chi connectivity index (χ4n) is 2.72. The molecule has 1 saturated carbocycles. The van der Waals surface area contributed by atoms with E-state index in [1.165, 1.54) is 4.90 Å². The van der Waals surface area contributed by atoms with Crippen LogP contribution in [0, 0.1) is 5.92 Å². The summed E-state index contributed by atoms with van der Waals surface area (Å²) in [5.41, 5.74) is -0.632. The molecular formula is C13H19NO4. The molecule has 5 nitrogen and oxygen atoms in total. The SMILES string of the molecule is CC(C)(C)OC(=O)N1C(=O)CC(=O)C2CCCC21. The number of amides is 2. The molecule has 18 heavy (non-hydrogen) atoms. The zero-order chi connectivity index (χ0) is 13.5. The number of piperidine rings is 1. The van der Waals surface area contributed by atoms with Crippen LogP contribution >= 0.6 is 0 Å². The molecule has 2 fully saturated rings. The third kappa shape index (κ3) is 2.40. The van der Waals surface area contributed by atoms with Crippen LogP contribution in [0.3, 0.4) is 0 Å². The highest BCUT2D eigenvalue weighted by molar-refractivity contribution is 6.07. The molecule has 1 saturated heterocycles. The number of fused-ring (bicyclic) bond motifs is 1. The van der Waals surface area contributed by atoms with Crippen LogP contribution in [-0.2, 0) is 14.3 Å². The first-order chi connectivity index (χ1) is 8.29. The monoisotopic (exact) mass is 253 g/mol. The quantitative estimate of drug-likeness (QED) is 0.618. The highest BCUT2D eigenvalue weighted by Gasteiger charge is 2.47. The minimum atomic E-state index is -0.632. The van der Waals surface area contributed by atoms with Crippen molar-refractivity contribution in [1.82, 2.24) is 4.90 Å². The van der Waals surface area contributed by atoms with E-state index < -0.39 is 17.6 Å². The molecule has 1 aliphatic carbocycles. The molecule has 0 radical (unpaired) electrons. The largest absolute Gasteiger partial charge is 0.443 e. The lowest BCUT2D eigenvalue weighted by Crippen LogP contribution is -2.54. The molecule has 2 amide bonds. The zero-order valence-corrected chi connectivity index (χ0v) is 11.1. The van der Waals surface area contributed by atoms with Crippen molar-refractivity contribution in [3.05, 3.63) is 0 Å². The number of ketones is 1. The Hall–Kier alpha value is -1.39. The Morgan fingerprint density at radius 3 is 2.56 bits per heavy atom. The Bertz CT molecular complexity index is 396. The van der Waals surface area contributed by atoms with Gasteiger partial charge in [-0.1, -0.05) is 6.42 Å². The van der Waals surface area contributed by atoms with Crippen molar-refractivity contribution in [3.8, 4) is 0 Å². The van der Waals surface area contributed by atoms with Gasteiger partial charge < -0.3 is 4.74 Å². The van der Waals surface area contributed by atoms with Gasteiger partial charge in [0.15, 0.2) is 0 Å². The molecule has 5 heteroatoms. The summed E-state index contributed by atoms with van der Waals surface area (Å²) in [5.74, 6) is -0.616. The van der Waals surface area contributed by atoms with E-state index >= 15 is 0 Å². The first-order valence-electron chi connectivity index (χ1n) is 6.37. The molecule has 1 aliphatic heterocycles. The van der Waals surface area contributed by atoms with E-state index in [9.17, 15) is 14.4 Å². The van der Waals surface area contributed by atoms with Crippen LogP contribution in [0.15, 0.2) is 0 Å². The van der Waals surface area contributed by atoms with Gasteiger partial charge in [-0.3, -0.25) is 9.59 Å². The summed E-state index contributed by atoms with van der Waals surface area (Å²) in [6.07, 6.45) is 1.59. The molecule has 2 atom stereocenters. The Morgan fingerprint density at radius 1 is 1.28 bits per heavy atom. The number of likely N-dealkylation sites (tertiary alicyclic amines) is 1. The minimum absolute atomic E-state index is 0.0256. The number of hydrogen-bond donors (Lipinski definition) is 0. The van der Waals surface area contributed by atoms with Gasteiger partial charge in [-0.15, -0.1) is 0 Å². The molecule has 2 aliphatic rings. The smallest absolute Gasteiger partial charge is 0.417 e. The van der Waals surface area contributed by atoms with E-state index in [1.807, 2.05) is 0 Å². The predicted octanol–water partition coefficient (Wildman–Crippen LogP) is 1.89. The Labute approximate surface area is 106 Å². The predicted molar refractivity (Wildman–Crippen MR) is 63.8 cm³/mol. The van der Waals surface area contributed by atoms with Gasteiger partial charge in [-0.2, -0.15) is 0 Å². The van der Waals surface area contributed by atoms with Crippen LogP contribution < -0.4 is 0 Å². The Balaban J connectivity index is 2.18. The van der Waals surface area contributed by atoms with Gasteiger partial charge in [-0.25, -0.2) is 9.69 Å². The lowest BCUT2D eigenvalue weighted by Gasteiger charge is -2.35. The highest BCUT2D eigenvalue weighted by Crippen LogP contribution is 2.36. The van der Waals surface area contributed by atoms with Gasteiger partial charge in [-0.05, 0) is 33.6 Å². The lowest BCUT2D eigenvalue weighted by molar-refractivity contribution is -0.144. The van der Waals surface area contributed by atoms with Crippen LogP contribution in [0.1, 0.15) is 46.5 Å². The number of carbonyl (C=O) groups is 3. The number of Topliss-reactive ketones (excluding diaryl/α,β-unsaturated/α-hetero) is 1. The first-order valence-corrected chi connectivity index (χ1v) is 6.37. The first kappa shape index (κ1) is 13.1. The summed E-state index contributed by atoms with van der Waals surface area (Å²) in [4.78, 5) is 36.8. The van der Waals surface area contributed by atoms with Crippen molar-refractivity contribution in [2.45, 2.75) is 58.1 Å². The molecule has 0 bridgehead atoms. The molecule has 100 valence electrons. The summed E-state index contributed by atoms with van der Waals surface area (Å²) >= 11 is 0. The summed E-state index contributed by atoms with van der Waals surface area (Å²) in [5, 5.41) is 0. The van der Waals surface area contributed by atoms with Crippen LogP contribution in [0.25, 0.3) is 0 Å². The molecule has 0 aromatic carbocycles. The minimum Gasteiger partial charge on any atom is -0.443 e. The fraction of sp³-hybridized carbons (Fsp3) is 0.769. The summed E-state index contributed by atoms with van der Waals surface area (Å²) in [7, 11) is 0. The van der Waals surface area contributed by atoms with E-state index in [0.717, 1.165) is 12.8 Å². The topological polar surface area (TPSA) is 63.7 Å². The molecule has 0 spiro atoms. The summed E-state index contributed by atoms with van der Waals surface area (Å²) in [6.45, 7) is 5.28. The highest BCUT2D eigenvalue weighted by atomic mass is 16.6. The number of nitrogens with zero attached hydrogens (tertiary/aromatic N) is 1. The standard InChI is InChI=1S/C13H19NO4/c1-13(2,3)18-12(17)14-9-6-4-5-8(9)10(15)7-11(14)16/h8-9H,4-7H2,1-3H3. The van der Waals surface area contributed by atoms with Crippen molar-refractivity contribution in [3.63, 3.8) is 0 Å². The molecule has 1 heterocycles. The van der Waals surface area contributed by atoms with Gasteiger partial charge in [0.1, 0.15) is 11.4 Å². The zero-order valence-electron chi connectivity index (χ0n) is 11.1. The van der Waals surface area contributed by atoms with E-state index in [2.05, 4.69) is 0 Å². The van der Waals surface area contributed by atoms with Crippen molar-refractivity contribution in [1.29, 1.82) is 0 Å². The molecule has 2 unspecified atom stereocenters. The van der Waals surface area contributed by atoms with E-state index in [-0.39, 0.29) is 24.2 Å². The van der Waals surface area contributed by atoms with Crippen LogP contribution in [0.4, 0.5) is 4.79 Å². The maximum absolute atomic E-state index is 12.0. The van der Waals surface area contributed by atoms with Crippen molar-refractivity contribution < 1.29 is 19.1 Å². The van der Waals surface area contributed by atoms with Gasteiger partial charge >= 0.3 is 6.09 Å². The second kappa shape index (κ2) is 4.37. The fourth-order valence-corrected chi connectivity index (χ4v) is 2.72. The van der Waals surface area contributed by atoms with Crippen molar-refractivity contribution in [2.24, 2.45) is 5.92 Å². The third-order valence-electron chi connectivity index (χ3n) is 3.41. The number of rotatable bonds is 0. The van der Waals surface area contributed by atoms with Crippen molar-refractivity contribution >= 4 is 17.8 Å². The average molecular weight is 253 g/mol. The van der Waals surface area contributed by atoms with Gasteiger partial charge in [0, 0.05) is 5.92 Å². The molecule has 0 N–H and O–H groups in total. The van der Waals surface area contributed by atoms with Crippen LogP contribution in [-0.4, -0.2) is 34.3 Å². The maximum atomic E-state index is 12.0. The van der Waals surface area contributed by atoms with Gasteiger partial charge in [0.25, 0.3) is 0 Å². The molecule has 0 aromatic rings. The second-order valence-electron chi connectivity index (χ2n) is 5.99. The van der Waals surface area contributed by atoms with Gasteiger partial charge in [0.05, 0.1) is 12.5 Å². The molecule has 2 rings (SSSR count). The Kier molecular flexibility index (Phi) is 3.17. The van der Waals surface area contributed by atoms with E-state index in [0.29, 0.717) is 6.42 Å². The Morgan fingerprint density at radius 2 is 1.94 bits per heavy atom. The van der Waals surface area contributed by atoms with Crippen LogP contribution in [0.5, 0.6) is 0 Å². The number of imide groups is 1. The number of hydrogen-bond acceptors (Lipinski definition) is 4. The third-order valence-corrected chi connectivity index (χ3v) is 3.41. The summed E-state index contributed by atoms with van der Waals surface area (Å²) < 4.78 is 5.25. The normalized spacial score (nSPS) is 28.3. The van der Waals surface area contributed by atoms with Gasteiger partial charge in [0.2, 0.25) is 5.91 Å². The average Bonchev–Trinajstić information content (AvgIpc) is 2.63. The number of ether oxygens (including phenoxy) is 1.